The average Bonchev–Trinajstić information content (AvgIpc) is 2.95. The number of primary amides is 1. The van der Waals surface area contributed by atoms with Crippen LogP contribution in [0.5, 0.6) is 0 Å². The van der Waals surface area contributed by atoms with Crippen LogP contribution in [0, 0.1) is 0 Å². The lowest BCUT2D eigenvalue weighted by Crippen LogP contribution is -2.23. The molecular formula is C11H15N7O2. The first-order valence-corrected chi connectivity index (χ1v) is 5.95. The molecule has 0 saturated heterocycles. The Morgan fingerprint density at radius 3 is 2.75 bits per heavy atom. The van der Waals surface area contributed by atoms with Crippen LogP contribution in [0.25, 0.3) is 0 Å². The van der Waals surface area contributed by atoms with Crippen LogP contribution in [0.3, 0.4) is 0 Å². The van der Waals surface area contributed by atoms with Gasteiger partial charge in [0.15, 0.2) is 0 Å². The van der Waals surface area contributed by atoms with Crippen LogP contribution >= 0.6 is 0 Å². The molecule has 9 nitrogen and oxygen atoms in total. The van der Waals surface area contributed by atoms with Crippen molar-refractivity contribution < 1.29 is 9.59 Å². The van der Waals surface area contributed by atoms with Crippen LogP contribution in [-0.2, 0) is 17.9 Å². The SMILES string of the molecule is CCn1ncc(NC(=O)Cn2ccc(N)n2)c1C(N)=O. The third-order valence-corrected chi connectivity index (χ3v) is 2.61. The first-order valence-electron chi connectivity index (χ1n) is 5.95. The molecule has 0 fully saturated rings. The summed E-state index contributed by atoms with van der Waals surface area (Å²) in [5.74, 6) is -0.677. The number of anilines is 2. The van der Waals surface area contributed by atoms with Gasteiger partial charge in [-0.25, -0.2) is 0 Å². The lowest BCUT2D eigenvalue weighted by Gasteiger charge is -2.06. The molecule has 2 aromatic rings. The molecule has 0 unspecified atom stereocenters. The van der Waals surface area contributed by atoms with E-state index in [-0.39, 0.29) is 23.8 Å². The molecule has 9 heteroatoms. The summed E-state index contributed by atoms with van der Waals surface area (Å²) < 4.78 is 2.81. The molecule has 2 amide bonds. The summed E-state index contributed by atoms with van der Waals surface area (Å²) in [6, 6.07) is 1.58. The van der Waals surface area contributed by atoms with E-state index in [4.69, 9.17) is 11.5 Å². The molecule has 0 spiro atoms. The zero-order chi connectivity index (χ0) is 14.7. The first kappa shape index (κ1) is 13.6. The third kappa shape index (κ3) is 2.76. The van der Waals surface area contributed by atoms with E-state index in [0.717, 1.165) is 0 Å². The van der Waals surface area contributed by atoms with Gasteiger partial charge in [0.25, 0.3) is 5.91 Å². The van der Waals surface area contributed by atoms with Crippen LogP contribution in [0.4, 0.5) is 11.5 Å². The summed E-state index contributed by atoms with van der Waals surface area (Å²) in [4.78, 5) is 23.2. The van der Waals surface area contributed by atoms with Gasteiger partial charge in [-0.3, -0.25) is 19.0 Å². The maximum absolute atomic E-state index is 11.9. The molecule has 0 aromatic carbocycles. The fourth-order valence-corrected chi connectivity index (χ4v) is 1.78. The lowest BCUT2D eigenvalue weighted by molar-refractivity contribution is -0.116. The Hall–Kier alpha value is -2.84. The van der Waals surface area contributed by atoms with Crippen LogP contribution in [0.1, 0.15) is 17.4 Å². The Bertz CT molecular complexity index is 643. The maximum atomic E-state index is 11.9. The Labute approximate surface area is 114 Å². The molecule has 0 aliphatic rings. The van der Waals surface area contributed by atoms with E-state index in [2.05, 4.69) is 15.5 Å². The molecule has 0 atom stereocenters. The first-order chi connectivity index (χ1) is 9.51. The summed E-state index contributed by atoms with van der Waals surface area (Å²) in [5.41, 5.74) is 11.2. The van der Waals surface area contributed by atoms with Crippen LogP contribution < -0.4 is 16.8 Å². The van der Waals surface area contributed by atoms with E-state index in [1.807, 2.05) is 6.92 Å². The molecule has 0 saturated carbocycles. The monoisotopic (exact) mass is 277 g/mol. The molecule has 2 aromatic heterocycles. The summed E-state index contributed by atoms with van der Waals surface area (Å²) in [6.07, 6.45) is 2.97. The Balaban J connectivity index is 2.11. The number of nitrogens with zero attached hydrogens (tertiary/aromatic N) is 4. The Morgan fingerprint density at radius 2 is 2.20 bits per heavy atom. The fourth-order valence-electron chi connectivity index (χ4n) is 1.78. The van der Waals surface area contributed by atoms with Gasteiger partial charge in [0, 0.05) is 12.7 Å². The van der Waals surface area contributed by atoms with Crippen molar-refractivity contribution in [1.29, 1.82) is 0 Å². The fraction of sp³-hybridized carbons (Fsp3) is 0.273. The van der Waals surface area contributed by atoms with E-state index >= 15 is 0 Å². The van der Waals surface area contributed by atoms with Gasteiger partial charge in [0.2, 0.25) is 5.91 Å². The predicted octanol–water partition coefficient (Wildman–Crippen LogP) is -0.581. The second-order valence-corrected chi connectivity index (χ2v) is 4.07. The minimum Gasteiger partial charge on any atom is -0.382 e. The highest BCUT2D eigenvalue weighted by Crippen LogP contribution is 2.14. The Morgan fingerprint density at radius 1 is 1.45 bits per heavy atom. The number of hydrogen-bond donors (Lipinski definition) is 3. The van der Waals surface area contributed by atoms with Gasteiger partial charge in [-0.1, -0.05) is 0 Å². The minimum absolute atomic E-state index is 0.0211. The number of nitrogens with two attached hydrogens (primary N) is 2. The zero-order valence-corrected chi connectivity index (χ0v) is 10.9. The number of carbonyl (C=O) groups excluding carboxylic acids is 2. The number of carbonyl (C=O) groups is 2. The van der Waals surface area contributed by atoms with Crippen molar-refractivity contribution in [2.24, 2.45) is 5.73 Å². The zero-order valence-electron chi connectivity index (χ0n) is 10.9. The van der Waals surface area contributed by atoms with E-state index in [1.54, 1.807) is 12.3 Å². The lowest BCUT2D eigenvalue weighted by atomic mass is 10.3. The maximum Gasteiger partial charge on any atom is 0.269 e. The van der Waals surface area contributed by atoms with Crippen molar-refractivity contribution in [3.63, 3.8) is 0 Å². The van der Waals surface area contributed by atoms with Gasteiger partial charge in [0.1, 0.15) is 18.1 Å². The van der Waals surface area contributed by atoms with Crippen molar-refractivity contribution in [1.82, 2.24) is 19.6 Å². The molecule has 0 aliphatic heterocycles. The minimum atomic E-state index is -0.650. The van der Waals surface area contributed by atoms with Crippen LogP contribution in [-0.4, -0.2) is 31.4 Å². The van der Waals surface area contributed by atoms with Gasteiger partial charge in [-0.15, -0.1) is 0 Å². The number of hydrogen-bond acceptors (Lipinski definition) is 5. The van der Waals surface area contributed by atoms with Crippen molar-refractivity contribution >= 4 is 23.3 Å². The summed E-state index contributed by atoms with van der Waals surface area (Å²) >= 11 is 0. The highest BCUT2D eigenvalue weighted by molar-refractivity contribution is 6.01. The van der Waals surface area contributed by atoms with Gasteiger partial charge >= 0.3 is 0 Å². The predicted molar refractivity (Wildman–Crippen MR) is 71.7 cm³/mol. The molecule has 0 aliphatic carbocycles. The second-order valence-electron chi connectivity index (χ2n) is 4.07. The topological polar surface area (TPSA) is 134 Å². The number of aromatic nitrogens is 4. The third-order valence-electron chi connectivity index (χ3n) is 2.61. The molecule has 2 rings (SSSR count). The molecule has 2 heterocycles. The van der Waals surface area contributed by atoms with Crippen LogP contribution in [0.2, 0.25) is 0 Å². The van der Waals surface area contributed by atoms with E-state index < -0.39 is 5.91 Å². The van der Waals surface area contributed by atoms with Crippen molar-refractivity contribution in [3.05, 3.63) is 24.2 Å². The molecule has 0 radical (unpaired) electrons. The number of nitrogen functional groups attached to an aromatic ring is 1. The summed E-state index contributed by atoms with van der Waals surface area (Å²) in [6.45, 7) is 2.27. The Kier molecular flexibility index (Phi) is 3.69. The van der Waals surface area contributed by atoms with E-state index in [0.29, 0.717) is 12.4 Å². The highest BCUT2D eigenvalue weighted by Gasteiger charge is 2.17. The average molecular weight is 277 g/mol. The van der Waals surface area contributed by atoms with Gasteiger partial charge < -0.3 is 16.8 Å². The van der Waals surface area contributed by atoms with Crippen molar-refractivity contribution in [2.45, 2.75) is 20.0 Å². The quantitative estimate of drug-likeness (QED) is 0.672. The highest BCUT2D eigenvalue weighted by atomic mass is 16.2. The molecule has 106 valence electrons. The van der Waals surface area contributed by atoms with Gasteiger partial charge in [-0.05, 0) is 13.0 Å². The molecule has 20 heavy (non-hydrogen) atoms. The summed E-state index contributed by atoms with van der Waals surface area (Å²) in [5, 5.41) is 10.5. The van der Waals surface area contributed by atoms with Crippen molar-refractivity contribution in [3.8, 4) is 0 Å². The second kappa shape index (κ2) is 5.43. The van der Waals surface area contributed by atoms with Gasteiger partial charge in [-0.2, -0.15) is 10.2 Å². The van der Waals surface area contributed by atoms with Crippen molar-refractivity contribution in [2.75, 3.05) is 11.1 Å². The smallest absolute Gasteiger partial charge is 0.269 e. The summed E-state index contributed by atoms with van der Waals surface area (Å²) in [7, 11) is 0. The van der Waals surface area contributed by atoms with E-state index in [9.17, 15) is 9.59 Å². The van der Waals surface area contributed by atoms with Crippen LogP contribution in [0.15, 0.2) is 18.5 Å². The van der Waals surface area contributed by atoms with E-state index in [1.165, 1.54) is 15.6 Å². The van der Waals surface area contributed by atoms with Gasteiger partial charge in [0.05, 0.1) is 11.9 Å². The number of amides is 2. The number of rotatable bonds is 5. The normalized spacial score (nSPS) is 10.4. The molecule has 0 bridgehead atoms. The molecule has 5 N–H and O–H groups in total. The molecular weight excluding hydrogens is 262 g/mol. The largest absolute Gasteiger partial charge is 0.382 e. The number of nitrogens with one attached hydrogen (secondary N) is 1. The standard InChI is InChI=1S/C11H15N7O2/c1-2-18-10(11(13)20)7(5-14-18)15-9(19)6-17-4-3-8(12)16-17/h3-5H,2,6H2,1H3,(H2,12,16)(H2,13,20)(H,15,19). The number of aryl methyl sites for hydroxylation is 1.